The lowest BCUT2D eigenvalue weighted by Gasteiger charge is -1.95. The average Bonchev–Trinajstić information content (AvgIpc) is 2.33. The topological polar surface area (TPSA) is 260 Å². The smallest absolute Gasteiger partial charge is 0.0403 e. The Morgan fingerprint density at radius 1 is 0.524 bits per heavy atom. The molecular weight excluding hydrogens is 272 g/mol. The molecule has 10 heteroatoms. The summed E-state index contributed by atoms with van der Waals surface area (Å²) in [5, 5.41) is 0. The van der Waals surface area contributed by atoms with Crippen LogP contribution in [0, 0.1) is 5.92 Å². The largest absolute Gasteiger partial charge is 0.319 e. The molecule has 0 saturated carbocycles. The van der Waals surface area contributed by atoms with E-state index in [1.807, 2.05) is 0 Å². The summed E-state index contributed by atoms with van der Waals surface area (Å²) in [5.74, 6) is 0.898. The lowest BCUT2D eigenvalue weighted by molar-refractivity contribution is 0.576. The van der Waals surface area contributed by atoms with E-state index < -0.39 is 0 Å². The van der Waals surface area contributed by atoms with E-state index in [0.29, 0.717) is 0 Å². The van der Waals surface area contributed by atoms with E-state index in [9.17, 15) is 0 Å². The minimum absolute atomic E-state index is 0.250. The number of rotatable bonds is 2. The van der Waals surface area contributed by atoms with Crippen LogP contribution in [0.1, 0.15) is 33.6 Å². The van der Waals surface area contributed by atoms with Crippen molar-refractivity contribution in [2.75, 3.05) is 33.3 Å². The summed E-state index contributed by atoms with van der Waals surface area (Å²) >= 11 is 0. The van der Waals surface area contributed by atoms with Gasteiger partial charge in [-0.25, -0.2) is 0 Å². The zero-order chi connectivity index (χ0) is 18.5. The minimum Gasteiger partial charge on any atom is -0.319 e. The fourth-order valence-corrected chi connectivity index (χ4v) is 0.577. The second-order valence-electron chi connectivity index (χ2n) is 3.36. The van der Waals surface area contributed by atoms with Crippen LogP contribution in [-0.4, -0.2) is 33.3 Å². The summed E-state index contributed by atoms with van der Waals surface area (Å²) in [6.07, 6.45) is 2.71. The molecule has 21 heavy (non-hydrogen) atoms. The Bertz CT molecular complexity index is 73.8. The molecule has 0 bridgehead atoms. The van der Waals surface area contributed by atoms with Crippen molar-refractivity contribution in [1.82, 2.24) is 0 Å². The van der Waals surface area contributed by atoms with Crippen LogP contribution in [-0.2, 0) is 0 Å². The van der Waals surface area contributed by atoms with Gasteiger partial charge in [0.05, 0.1) is 0 Å². The van der Waals surface area contributed by atoms with Crippen molar-refractivity contribution >= 4 is 0 Å². The quantitative estimate of drug-likeness (QED) is 0.227. The van der Waals surface area contributed by atoms with Crippen LogP contribution in [0.4, 0.5) is 0 Å². The Balaban J connectivity index is -0.0000000333. The second-order valence-corrected chi connectivity index (χ2v) is 3.36. The molecule has 0 unspecified atom stereocenters. The predicted molar refractivity (Wildman–Crippen MR) is 96.0 cm³/mol. The van der Waals surface area contributed by atoms with Gasteiger partial charge in [-0.15, -0.1) is 0 Å². The van der Waals surface area contributed by atoms with E-state index in [-0.39, 0.29) is 33.3 Å². The second kappa shape index (κ2) is 73.6. The van der Waals surface area contributed by atoms with Crippen molar-refractivity contribution in [2.24, 2.45) is 63.3 Å². The first kappa shape index (κ1) is 37.1. The Hall–Kier alpha value is -0.400. The highest BCUT2D eigenvalue weighted by atomic mass is 14.8. The van der Waals surface area contributed by atoms with Gasteiger partial charge in [0.15, 0.2) is 0 Å². The van der Waals surface area contributed by atoms with E-state index in [4.69, 9.17) is 0 Å². The van der Waals surface area contributed by atoms with Crippen molar-refractivity contribution in [3.8, 4) is 0 Å². The average molecular weight is 317 g/mol. The maximum absolute atomic E-state index is 4.62. The Labute approximate surface area is 131 Å². The summed E-state index contributed by atoms with van der Waals surface area (Å²) in [7, 11) is 0. The molecule has 0 heterocycles. The summed E-state index contributed by atoms with van der Waals surface area (Å²) < 4.78 is 0. The van der Waals surface area contributed by atoms with Gasteiger partial charge in [0, 0.05) is 33.3 Å². The van der Waals surface area contributed by atoms with E-state index in [1.165, 1.54) is 12.8 Å². The van der Waals surface area contributed by atoms with Crippen LogP contribution in [0.5, 0.6) is 0 Å². The van der Waals surface area contributed by atoms with E-state index in [2.05, 4.69) is 78.1 Å². The molecule has 0 spiro atoms. The third-order valence-electron chi connectivity index (χ3n) is 0.866. The molecule has 20 N–H and O–H groups in total. The van der Waals surface area contributed by atoms with E-state index in [0.717, 1.165) is 5.92 Å². The maximum atomic E-state index is 4.62. The molecule has 0 saturated heterocycles. The van der Waals surface area contributed by atoms with Crippen molar-refractivity contribution in [3.63, 3.8) is 0 Å². The molecule has 0 aromatic carbocycles. The van der Waals surface area contributed by atoms with Gasteiger partial charge in [0.1, 0.15) is 0 Å². The molecule has 0 aliphatic carbocycles. The van der Waals surface area contributed by atoms with Gasteiger partial charge in [-0.1, -0.05) is 33.6 Å². The lowest BCUT2D eigenvalue weighted by Crippen LogP contribution is -2.08. The summed E-state index contributed by atoms with van der Waals surface area (Å²) in [6.45, 7) is 7.98. The van der Waals surface area contributed by atoms with Crippen molar-refractivity contribution in [1.29, 1.82) is 0 Å². The van der Waals surface area contributed by atoms with Gasteiger partial charge in [-0.3, -0.25) is 0 Å². The maximum Gasteiger partial charge on any atom is 0.0403 e. The van der Waals surface area contributed by atoms with Crippen LogP contribution < -0.4 is 57.3 Å². The number of nitrogens with two attached hydrogens (primary N) is 10. The Morgan fingerprint density at radius 2 is 0.667 bits per heavy atom. The molecule has 0 aliphatic heterocycles. The fourth-order valence-electron chi connectivity index (χ4n) is 0.577. The molecule has 0 aliphatic rings. The first-order chi connectivity index (χ1) is 9.84. The Morgan fingerprint density at radius 3 is 0.667 bits per heavy atom. The molecule has 138 valence electrons. The third-order valence-corrected chi connectivity index (χ3v) is 0.866. The van der Waals surface area contributed by atoms with Crippen LogP contribution >= 0.6 is 0 Å². The van der Waals surface area contributed by atoms with Crippen LogP contribution in [0.3, 0.4) is 0 Å². The highest BCUT2D eigenvalue weighted by Crippen LogP contribution is 2.00. The molecule has 0 rings (SSSR count). The van der Waals surface area contributed by atoms with E-state index >= 15 is 0 Å². The fraction of sp³-hybridized carbons (Fsp3) is 1.00. The van der Waals surface area contributed by atoms with E-state index in [1.54, 1.807) is 0 Å². The molecule has 0 atom stereocenters. The molecule has 0 aromatic rings. The Kier molecular flexibility index (Phi) is 130. The monoisotopic (exact) mass is 316 g/mol. The van der Waals surface area contributed by atoms with Gasteiger partial charge in [-0.2, -0.15) is 0 Å². The first-order valence-electron chi connectivity index (χ1n) is 6.85. The van der Waals surface area contributed by atoms with Gasteiger partial charge in [0.2, 0.25) is 0 Å². The summed E-state index contributed by atoms with van der Waals surface area (Å²) in [5.41, 5.74) is 46.2. The first-order valence-corrected chi connectivity index (χ1v) is 6.85. The minimum atomic E-state index is 0.250. The standard InChI is InChI=1S/C6H14.5CH6N2/c1-4-5-6(2)3;5*2-1-3/h6H,4-5H2,1-3H3;5*1-3H2. The molecule has 0 amide bonds. The highest BCUT2D eigenvalue weighted by molar-refractivity contribution is 4.38. The van der Waals surface area contributed by atoms with Crippen molar-refractivity contribution < 1.29 is 0 Å². The lowest BCUT2D eigenvalue weighted by atomic mass is 10.1. The number of hydrogen-bond donors (Lipinski definition) is 10. The van der Waals surface area contributed by atoms with Crippen LogP contribution in [0.2, 0.25) is 0 Å². The van der Waals surface area contributed by atoms with Gasteiger partial charge in [0.25, 0.3) is 0 Å². The third kappa shape index (κ3) is 898. The van der Waals surface area contributed by atoms with Gasteiger partial charge < -0.3 is 57.3 Å². The van der Waals surface area contributed by atoms with Crippen molar-refractivity contribution in [3.05, 3.63) is 0 Å². The van der Waals surface area contributed by atoms with Crippen molar-refractivity contribution in [2.45, 2.75) is 33.6 Å². The zero-order valence-corrected chi connectivity index (χ0v) is 14.3. The SMILES string of the molecule is CCCC(C)C.NCN.NCN.NCN.NCN.NCN. The van der Waals surface area contributed by atoms with Gasteiger partial charge in [-0.05, 0) is 5.92 Å². The van der Waals surface area contributed by atoms with Crippen LogP contribution in [0.25, 0.3) is 0 Å². The molecular formula is C11H44N10. The molecule has 0 fully saturated rings. The molecule has 10 nitrogen and oxygen atoms in total. The highest BCUT2D eigenvalue weighted by Gasteiger charge is 1.85. The summed E-state index contributed by atoms with van der Waals surface area (Å²) in [4.78, 5) is 0. The normalized spacial score (nSPS) is 7.14. The van der Waals surface area contributed by atoms with Gasteiger partial charge >= 0.3 is 0 Å². The number of hydrogen-bond acceptors (Lipinski definition) is 10. The molecule has 0 radical (unpaired) electrons. The molecule has 0 aromatic heterocycles. The summed E-state index contributed by atoms with van der Waals surface area (Å²) in [6, 6.07) is 0. The zero-order valence-electron chi connectivity index (χ0n) is 14.3. The van der Waals surface area contributed by atoms with Crippen LogP contribution in [0.15, 0.2) is 0 Å². The predicted octanol–water partition coefficient (Wildman–Crippen LogP) is -3.25.